The maximum Gasteiger partial charge on any atom is 0.115 e. The molecule has 0 spiro atoms. The van der Waals surface area contributed by atoms with E-state index in [-0.39, 0.29) is 5.41 Å². The number of hydrogen-bond acceptors (Lipinski definition) is 1. The Balaban J connectivity index is 2.42. The molecule has 19 heavy (non-hydrogen) atoms. The molecular formula is C18H22O. The highest BCUT2D eigenvalue weighted by molar-refractivity contribution is 5.40. The van der Waals surface area contributed by atoms with Gasteiger partial charge in [0.1, 0.15) is 5.75 Å². The van der Waals surface area contributed by atoms with Gasteiger partial charge in [-0.15, -0.1) is 0 Å². The maximum atomic E-state index is 9.47. The quantitative estimate of drug-likeness (QED) is 0.805. The predicted octanol–water partition coefficient (Wildman–Crippen LogP) is 4.89. The molecule has 2 aromatic carbocycles. The fourth-order valence-corrected chi connectivity index (χ4v) is 2.62. The van der Waals surface area contributed by atoms with Gasteiger partial charge in [-0.05, 0) is 29.7 Å². The van der Waals surface area contributed by atoms with Crippen LogP contribution in [0.5, 0.6) is 5.75 Å². The van der Waals surface area contributed by atoms with Crippen molar-refractivity contribution in [2.45, 2.75) is 38.5 Å². The molecule has 1 heteroatoms. The topological polar surface area (TPSA) is 20.2 Å². The Morgan fingerprint density at radius 2 is 1.47 bits per heavy atom. The largest absolute Gasteiger partial charge is 0.508 e. The number of phenols is 1. The average Bonchev–Trinajstić information content (AvgIpc) is 2.46. The summed E-state index contributed by atoms with van der Waals surface area (Å²) in [6.07, 6.45) is 3.52. The highest BCUT2D eigenvalue weighted by Crippen LogP contribution is 2.37. The first-order chi connectivity index (χ1) is 9.16. The highest BCUT2D eigenvalue weighted by Gasteiger charge is 2.27. The molecule has 0 heterocycles. The lowest BCUT2D eigenvalue weighted by Crippen LogP contribution is -2.23. The number of rotatable bonds is 5. The van der Waals surface area contributed by atoms with Gasteiger partial charge in [-0.2, -0.15) is 0 Å². The molecule has 0 aromatic heterocycles. The summed E-state index contributed by atoms with van der Waals surface area (Å²) in [5.74, 6) is 0.328. The van der Waals surface area contributed by atoms with Crippen LogP contribution in [-0.2, 0) is 5.41 Å². The van der Waals surface area contributed by atoms with Crippen LogP contribution in [0.4, 0.5) is 0 Å². The first kappa shape index (κ1) is 13.7. The van der Waals surface area contributed by atoms with Crippen LogP contribution in [0.25, 0.3) is 0 Å². The zero-order chi connectivity index (χ0) is 13.7. The van der Waals surface area contributed by atoms with Crippen molar-refractivity contribution in [2.75, 3.05) is 0 Å². The standard InChI is InChI=1S/C18H22O/c1-3-4-14-18(2,15-8-6-5-7-9-15)16-10-12-17(19)13-11-16/h5-13,19H,3-4,14H2,1-2H3. The number of unbranched alkanes of at least 4 members (excludes halogenated alkanes) is 1. The molecule has 0 amide bonds. The van der Waals surface area contributed by atoms with Crippen molar-refractivity contribution in [3.05, 3.63) is 65.7 Å². The first-order valence-corrected chi connectivity index (χ1v) is 7.02. The van der Waals surface area contributed by atoms with Crippen LogP contribution in [0.2, 0.25) is 0 Å². The van der Waals surface area contributed by atoms with Gasteiger partial charge in [0, 0.05) is 5.41 Å². The van der Waals surface area contributed by atoms with E-state index in [1.54, 1.807) is 12.1 Å². The molecule has 0 fully saturated rings. The molecule has 0 radical (unpaired) electrons. The summed E-state index contributed by atoms with van der Waals surface area (Å²) >= 11 is 0. The van der Waals surface area contributed by atoms with Crippen LogP contribution in [0.15, 0.2) is 54.6 Å². The van der Waals surface area contributed by atoms with Gasteiger partial charge in [-0.3, -0.25) is 0 Å². The second-order valence-corrected chi connectivity index (χ2v) is 5.35. The van der Waals surface area contributed by atoms with E-state index < -0.39 is 0 Å². The lowest BCUT2D eigenvalue weighted by atomic mass is 9.73. The van der Waals surface area contributed by atoms with Crippen molar-refractivity contribution in [3.63, 3.8) is 0 Å². The molecule has 0 saturated heterocycles. The van der Waals surface area contributed by atoms with Crippen molar-refractivity contribution in [2.24, 2.45) is 0 Å². The first-order valence-electron chi connectivity index (χ1n) is 7.02. The molecule has 1 nitrogen and oxygen atoms in total. The molecule has 100 valence electrons. The van der Waals surface area contributed by atoms with Gasteiger partial charge in [-0.25, -0.2) is 0 Å². The molecule has 2 aromatic rings. The molecule has 1 atom stereocenters. The Kier molecular flexibility index (Phi) is 4.26. The molecule has 0 aliphatic carbocycles. The van der Waals surface area contributed by atoms with E-state index in [1.165, 1.54) is 24.0 Å². The summed E-state index contributed by atoms with van der Waals surface area (Å²) in [6, 6.07) is 18.3. The molecule has 0 aliphatic heterocycles. The van der Waals surface area contributed by atoms with Crippen molar-refractivity contribution in [3.8, 4) is 5.75 Å². The van der Waals surface area contributed by atoms with Crippen molar-refractivity contribution in [1.82, 2.24) is 0 Å². The van der Waals surface area contributed by atoms with E-state index in [0.717, 1.165) is 6.42 Å². The van der Waals surface area contributed by atoms with Crippen LogP contribution in [0.1, 0.15) is 44.2 Å². The van der Waals surface area contributed by atoms with Crippen molar-refractivity contribution in [1.29, 1.82) is 0 Å². The van der Waals surface area contributed by atoms with E-state index in [1.807, 2.05) is 12.1 Å². The van der Waals surface area contributed by atoms with E-state index >= 15 is 0 Å². The minimum atomic E-state index is 0.0188. The number of aromatic hydroxyl groups is 1. The Bertz CT molecular complexity index is 501. The lowest BCUT2D eigenvalue weighted by molar-refractivity contribution is 0.470. The monoisotopic (exact) mass is 254 g/mol. The van der Waals surface area contributed by atoms with Gasteiger partial charge < -0.3 is 5.11 Å². The number of hydrogen-bond donors (Lipinski definition) is 1. The molecule has 1 N–H and O–H groups in total. The third kappa shape index (κ3) is 2.98. The molecule has 2 rings (SSSR count). The molecular weight excluding hydrogens is 232 g/mol. The van der Waals surface area contributed by atoms with Gasteiger partial charge in [0.2, 0.25) is 0 Å². The Morgan fingerprint density at radius 1 is 0.895 bits per heavy atom. The lowest BCUT2D eigenvalue weighted by Gasteiger charge is -2.31. The Hall–Kier alpha value is -1.76. The van der Waals surface area contributed by atoms with Crippen LogP contribution in [0, 0.1) is 0 Å². The summed E-state index contributed by atoms with van der Waals surface area (Å²) in [5, 5.41) is 9.47. The Labute approximate surface area is 115 Å². The minimum Gasteiger partial charge on any atom is -0.508 e. The SMILES string of the molecule is CCCCC(C)(c1ccccc1)c1ccc(O)cc1. The number of phenolic OH excluding ortho intramolecular Hbond substituents is 1. The molecule has 0 bridgehead atoms. The smallest absolute Gasteiger partial charge is 0.115 e. The second-order valence-electron chi connectivity index (χ2n) is 5.35. The van der Waals surface area contributed by atoms with Crippen LogP contribution in [0.3, 0.4) is 0 Å². The molecule has 1 unspecified atom stereocenters. The molecule has 0 saturated carbocycles. The normalized spacial score (nSPS) is 14.0. The van der Waals surface area contributed by atoms with E-state index in [9.17, 15) is 5.11 Å². The average molecular weight is 254 g/mol. The van der Waals surface area contributed by atoms with Crippen LogP contribution >= 0.6 is 0 Å². The fraction of sp³-hybridized carbons (Fsp3) is 0.333. The summed E-state index contributed by atoms with van der Waals surface area (Å²) in [7, 11) is 0. The summed E-state index contributed by atoms with van der Waals surface area (Å²) in [6.45, 7) is 4.52. The van der Waals surface area contributed by atoms with Crippen molar-refractivity contribution < 1.29 is 5.11 Å². The van der Waals surface area contributed by atoms with E-state index in [4.69, 9.17) is 0 Å². The van der Waals surface area contributed by atoms with Gasteiger partial charge in [0.25, 0.3) is 0 Å². The maximum absolute atomic E-state index is 9.47. The van der Waals surface area contributed by atoms with E-state index in [0.29, 0.717) is 5.75 Å². The second kappa shape index (κ2) is 5.92. The van der Waals surface area contributed by atoms with Gasteiger partial charge in [-0.1, -0.05) is 69.2 Å². The zero-order valence-corrected chi connectivity index (χ0v) is 11.8. The summed E-state index contributed by atoms with van der Waals surface area (Å²) in [5.41, 5.74) is 2.63. The summed E-state index contributed by atoms with van der Waals surface area (Å²) < 4.78 is 0. The Morgan fingerprint density at radius 3 is 2.05 bits per heavy atom. The zero-order valence-electron chi connectivity index (χ0n) is 11.8. The van der Waals surface area contributed by atoms with Gasteiger partial charge in [0.15, 0.2) is 0 Å². The summed E-state index contributed by atoms with van der Waals surface area (Å²) in [4.78, 5) is 0. The minimum absolute atomic E-state index is 0.0188. The molecule has 0 aliphatic rings. The van der Waals surface area contributed by atoms with Gasteiger partial charge in [0.05, 0.1) is 0 Å². The third-order valence-electron chi connectivity index (χ3n) is 3.95. The predicted molar refractivity (Wildman–Crippen MR) is 80.5 cm³/mol. The highest BCUT2D eigenvalue weighted by atomic mass is 16.3. The third-order valence-corrected chi connectivity index (χ3v) is 3.95. The van der Waals surface area contributed by atoms with Crippen LogP contribution < -0.4 is 0 Å². The van der Waals surface area contributed by atoms with Gasteiger partial charge >= 0.3 is 0 Å². The fourth-order valence-electron chi connectivity index (χ4n) is 2.62. The van der Waals surface area contributed by atoms with Crippen LogP contribution in [-0.4, -0.2) is 5.11 Å². The van der Waals surface area contributed by atoms with E-state index in [2.05, 4.69) is 44.2 Å². The van der Waals surface area contributed by atoms with Crippen molar-refractivity contribution >= 4 is 0 Å². The number of benzene rings is 2.